The maximum atomic E-state index is 11.7. The van der Waals surface area contributed by atoms with E-state index in [1.165, 1.54) is 0 Å². The van der Waals surface area contributed by atoms with Crippen LogP contribution in [0.1, 0.15) is 105 Å². The number of unbranched alkanes of at least 4 members (excludes halogenated alkanes) is 1. The summed E-state index contributed by atoms with van der Waals surface area (Å²) in [7, 11) is 21.6. The van der Waals surface area contributed by atoms with Gasteiger partial charge in [-0.2, -0.15) is 0 Å². The smallest absolute Gasteiger partial charge is 0.307 e. The predicted molar refractivity (Wildman–Crippen MR) is 461 cm³/mol. The van der Waals surface area contributed by atoms with Crippen LogP contribution in [0.4, 0.5) is 0 Å². The third kappa shape index (κ3) is 101. The lowest BCUT2D eigenvalue weighted by Crippen LogP contribution is -2.33. The Hall–Kier alpha value is -4.18. The van der Waals surface area contributed by atoms with Gasteiger partial charge in [0.05, 0.1) is 176 Å². The molecule has 1 heterocycles. The van der Waals surface area contributed by atoms with E-state index in [0.717, 1.165) is 124 Å². The summed E-state index contributed by atoms with van der Waals surface area (Å²) < 4.78 is 128. The molecule has 1 saturated heterocycles. The van der Waals surface area contributed by atoms with E-state index in [1.54, 1.807) is 92.4 Å². The maximum Gasteiger partial charge on any atom is 0.307 e. The molecule has 37 nitrogen and oxygen atoms in total. The van der Waals surface area contributed by atoms with Gasteiger partial charge in [-0.15, -0.1) is 0 Å². The van der Waals surface area contributed by atoms with Crippen molar-refractivity contribution in [3.05, 3.63) is 0 Å². The fourth-order valence-corrected chi connectivity index (χ4v) is 9.83. The van der Waals surface area contributed by atoms with Gasteiger partial charge in [-0.1, -0.05) is 20.3 Å². The van der Waals surface area contributed by atoms with Crippen molar-refractivity contribution in [2.45, 2.75) is 117 Å². The molecule has 1 fully saturated rings. The number of hydrogen-bond donors (Lipinski definition) is 0. The van der Waals surface area contributed by atoms with Crippen LogP contribution in [0.2, 0.25) is 0 Å². The van der Waals surface area contributed by atoms with Gasteiger partial charge in [0.1, 0.15) is 39.6 Å². The van der Waals surface area contributed by atoms with Crippen LogP contribution in [-0.2, 0) is 147 Å². The third-order valence-electron chi connectivity index (χ3n) is 17.0. The summed E-state index contributed by atoms with van der Waals surface area (Å²) in [6.07, 6.45) is 7.67. The van der Waals surface area contributed by atoms with E-state index in [0.29, 0.717) is 250 Å². The van der Waals surface area contributed by atoms with Crippen LogP contribution >= 0.6 is 0 Å². The Morgan fingerprint density at radius 3 is 0.744 bits per heavy atom. The standard InChI is InChI=1S/C15H31NO5.C14H29NO6.C14H27NO5.2C14H29NO5.C13H27NO5/c1-4-5-10-20-13-14-21-15(17)6-7-16(8-11-18-2)9-12-19-3;1-17-8-6-15(7-9-18-2)5-4-14(16)21-13-12-20-11-10-19-3;1-17-10-7-15(8-11-18-2)6-5-14(16)20-12-13-4-3-9-19-13;1-13(2)19-11-12-20-14(16)5-6-15(7-9-17-3)8-10-18-4;1-4-9-19-12-13-20-14(16)5-6-15(7-10-17-2)8-11-18-3;1-4-18-11-12-19-13(15)5-6-14(7-9-16-2)8-10-17-3/h4-14H2,1-3H3;4-13H2,1-3H3;13H,3-12H2,1-2H3;13H,5-12H2,1-4H3;4-13H2,1-3H3;4-12H2,1-3H3. The molecular formula is C84H172N6O31. The summed E-state index contributed by atoms with van der Waals surface area (Å²) >= 11 is 0. The van der Waals surface area contributed by atoms with Crippen LogP contribution < -0.4 is 0 Å². The quantitative estimate of drug-likeness (QED) is 0.0455. The minimum absolute atomic E-state index is 0.0945. The molecule has 0 spiro atoms. The normalized spacial score (nSPS) is 12.3. The number of methoxy groups -OCH3 is 13. The first-order valence-electron chi connectivity index (χ1n) is 43.0. The molecule has 1 aliphatic heterocycles. The van der Waals surface area contributed by atoms with Crippen molar-refractivity contribution < 1.29 is 147 Å². The highest BCUT2D eigenvalue weighted by Gasteiger charge is 2.19. The van der Waals surface area contributed by atoms with Gasteiger partial charge in [-0.05, 0) is 46.5 Å². The van der Waals surface area contributed by atoms with E-state index in [2.05, 4.69) is 36.3 Å². The Bertz CT molecular complexity index is 2050. The predicted octanol–water partition coefficient (Wildman–Crippen LogP) is 4.63. The number of carbonyl (C=O) groups is 6. The molecule has 1 atom stereocenters. The minimum atomic E-state index is -0.217. The molecule has 0 aliphatic carbocycles. The largest absolute Gasteiger partial charge is 0.463 e. The molecule has 1 rings (SSSR count). The Labute approximate surface area is 728 Å². The van der Waals surface area contributed by atoms with Crippen LogP contribution in [0.15, 0.2) is 0 Å². The molecule has 0 aromatic carbocycles. The van der Waals surface area contributed by atoms with E-state index >= 15 is 0 Å². The lowest BCUT2D eigenvalue weighted by Gasteiger charge is -2.21. The molecule has 0 bridgehead atoms. The molecule has 1 unspecified atom stereocenters. The number of rotatable bonds is 81. The van der Waals surface area contributed by atoms with Crippen LogP contribution in [-0.4, -0.2) is 479 Å². The van der Waals surface area contributed by atoms with Gasteiger partial charge in [0.2, 0.25) is 0 Å². The number of carbonyl (C=O) groups excluding carboxylic acids is 6. The van der Waals surface area contributed by atoms with E-state index < -0.39 is 0 Å². The van der Waals surface area contributed by atoms with Gasteiger partial charge >= 0.3 is 35.8 Å². The van der Waals surface area contributed by atoms with Crippen LogP contribution in [0, 0.1) is 0 Å². The van der Waals surface area contributed by atoms with Crippen molar-refractivity contribution >= 4 is 35.8 Å². The zero-order valence-corrected chi connectivity index (χ0v) is 78.5. The average Bonchev–Trinajstić information content (AvgIpc) is 1.88. The number of esters is 6. The zero-order valence-electron chi connectivity index (χ0n) is 78.5. The number of ether oxygens (including phenoxy) is 25. The molecule has 121 heavy (non-hydrogen) atoms. The first-order chi connectivity index (χ1) is 58.8. The number of nitrogens with zero attached hydrogens (tertiary/aromatic N) is 6. The van der Waals surface area contributed by atoms with Crippen molar-refractivity contribution in [3.8, 4) is 0 Å². The second kappa shape index (κ2) is 105. The Balaban J connectivity index is -0.000000445. The molecule has 1 aliphatic rings. The molecule has 37 heteroatoms. The summed E-state index contributed by atoms with van der Waals surface area (Å²) in [4.78, 5) is 82.3. The SMILES string of the molecule is CCCCOCCOC(=O)CCN(CCOC)CCOC.CCCOCCOC(=O)CCN(CCOC)CCOC.CCOCCOC(=O)CCN(CCOC)CCOC.COCCN(CCOC)CCC(=O)OCC1CCCO1.COCCN(CCOC)CCC(=O)OCCOC(C)C.COCCOCCOC(=O)CCN(CCOC)CCOC. The summed E-state index contributed by atoms with van der Waals surface area (Å²) in [6, 6.07) is 0. The second-order valence-corrected chi connectivity index (χ2v) is 27.2. The number of hydrogen-bond acceptors (Lipinski definition) is 37. The molecule has 0 radical (unpaired) electrons. The van der Waals surface area contributed by atoms with E-state index in [-0.39, 0.29) is 54.6 Å². The highest BCUT2D eigenvalue weighted by molar-refractivity contribution is 5.71. The average molecular weight is 1760 g/mol. The van der Waals surface area contributed by atoms with Gasteiger partial charge in [0, 0.05) is 237 Å². The van der Waals surface area contributed by atoms with Gasteiger partial charge in [-0.25, -0.2) is 0 Å². The summed E-state index contributed by atoms with van der Waals surface area (Å²) in [5, 5.41) is 0. The minimum Gasteiger partial charge on any atom is -0.463 e. The monoisotopic (exact) mass is 1760 g/mol. The van der Waals surface area contributed by atoms with Gasteiger partial charge in [0.15, 0.2) is 0 Å². The van der Waals surface area contributed by atoms with Crippen molar-refractivity contribution in [1.29, 1.82) is 0 Å². The van der Waals surface area contributed by atoms with Crippen molar-refractivity contribution in [2.24, 2.45) is 0 Å². The molecule has 0 N–H and O–H groups in total. The van der Waals surface area contributed by atoms with Crippen molar-refractivity contribution in [1.82, 2.24) is 29.4 Å². The topological polar surface area (TPSA) is 353 Å². The summed E-state index contributed by atoms with van der Waals surface area (Å²) in [5.74, 6) is -1.15. The molecular weight excluding hydrogens is 1590 g/mol. The fraction of sp³-hybridized carbons (Fsp3) is 0.929. The fourth-order valence-electron chi connectivity index (χ4n) is 9.83. The molecule has 0 aromatic heterocycles. The highest BCUT2D eigenvalue weighted by atomic mass is 16.6. The first-order valence-corrected chi connectivity index (χ1v) is 43.0. The van der Waals surface area contributed by atoms with E-state index in [4.69, 9.17) is 118 Å². The summed E-state index contributed by atoms with van der Waals surface area (Å²) in [6.45, 7) is 39.1. The highest BCUT2D eigenvalue weighted by Crippen LogP contribution is 2.13. The first kappa shape index (κ1) is 125. The van der Waals surface area contributed by atoms with Crippen molar-refractivity contribution in [3.63, 3.8) is 0 Å². The van der Waals surface area contributed by atoms with Gasteiger partial charge in [0.25, 0.3) is 0 Å². The van der Waals surface area contributed by atoms with Crippen LogP contribution in [0.3, 0.4) is 0 Å². The van der Waals surface area contributed by atoms with Crippen LogP contribution in [0.5, 0.6) is 0 Å². The van der Waals surface area contributed by atoms with Gasteiger partial charge < -0.3 is 118 Å². The molecule has 0 saturated carbocycles. The van der Waals surface area contributed by atoms with E-state index in [1.807, 2.05) is 27.7 Å². The van der Waals surface area contributed by atoms with Crippen LogP contribution in [0.25, 0.3) is 0 Å². The second-order valence-electron chi connectivity index (χ2n) is 27.2. The van der Waals surface area contributed by atoms with Gasteiger partial charge in [-0.3, -0.25) is 58.2 Å². The summed E-state index contributed by atoms with van der Waals surface area (Å²) in [5.41, 5.74) is 0. The lowest BCUT2D eigenvalue weighted by atomic mass is 10.2. The Morgan fingerprint density at radius 2 is 0.512 bits per heavy atom. The van der Waals surface area contributed by atoms with Crippen molar-refractivity contribution in [2.75, 3.05) is 402 Å². The third-order valence-corrected chi connectivity index (χ3v) is 17.0. The Morgan fingerprint density at radius 1 is 0.273 bits per heavy atom. The lowest BCUT2D eigenvalue weighted by molar-refractivity contribution is -0.147. The molecule has 0 aromatic rings. The molecule has 724 valence electrons. The molecule has 0 amide bonds. The Kier molecular flexibility index (Phi) is 108. The maximum absolute atomic E-state index is 11.7. The zero-order chi connectivity index (χ0) is 90.8. The van der Waals surface area contributed by atoms with E-state index in [9.17, 15) is 28.8 Å².